The summed E-state index contributed by atoms with van der Waals surface area (Å²) in [6, 6.07) is 8.14. The summed E-state index contributed by atoms with van der Waals surface area (Å²) in [7, 11) is 1.64. The second-order valence-electron chi connectivity index (χ2n) is 7.17. The zero-order valence-electron chi connectivity index (χ0n) is 17.2. The molecule has 154 valence electrons. The van der Waals surface area contributed by atoms with E-state index in [2.05, 4.69) is 20.9 Å². The highest BCUT2D eigenvalue weighted by Crippen LogP contribution is 2.39. The van der Waals surface area contributed by atoms with Gasteiger partial charge in [0.2, 0.25) is 0 Å². The number of hydrogen-bond donors (Lipinski definition) is 1. The molecule has 0 radical (unpaired) electrons. The lowest BCUT2D eigenvalue weighted by Crippen LogP contribution is -2.36. The first-order valence-corrected chi connectivity index (χ1v) is 10.5. The van der Waals surface area contributed by atoms with Crippen LogP contribution in [-0.2, 0) is 4.74 Å². The third-order valence-electron chi connectivity index (χ3n) is 5.29. The third-order valence-corrected chi connectivity index (χ3v) is 6.38. The maximum atomic E-state index is 9.72. The molecule has 1 aliphatic heterocycles. The van der Waals surface area contributed by atoms with Gasteiger partial charge in [-0.1, -0.05) is 11.3 Å². The maximum Gasteiger partial charge on any atom is 0.186 e. The zero-order chi connectivity index (χ0) is 21.3. The molecule has 0 saturated carbocycles. The van der Waals surface area contributed by atoms with Crippen molar-refractivity contribution in [2.45, 2.75) is 13.8 Å². The number of pyridine rings is 1. The van der Waals surface area contributed by atoms with Gasteiger partial charge in [-0.05, 0) is 43.2 Å². The fraction of sp³-hybridized carbons (Fsp3) is 0.318. The van der Waals surface area contributed by atoms with E-state index in [9.17, 15) is 5.26 Å². The first kappa shape index (κ1) is 20.1. The summed E-state index contributed by atoms with van der Waals surface area (Å²) in [6.07, 6.45) is 1.80. The number of thiazole rings is 1. The van der Waals surface area contributed by atoms with Crippen LogP contribution in [0.25, 0.3) is 21.7 Å². The van der Waals surface area contributed by atoms with Crippen LogP contribution in [0.3, 0.4) is 0 Å². The van der Waals surface area contributed by atoms with Crippen molar-refractivity contribution in [3.05, 3.63) is 41.1 Å². The molecule has 1 aromatic carbocycles. The first-order chi connectivity index (χ1) is 14.5. The second-order valence-corrected chi connectivity index (χ2v) is 8.18. The van der Waals surface area contributed by atoms with Crippen molar-refractivity contribution in [3.8, 4) is 33.5 Å². The SMILES string of the molecule is COc1cc(C)c(C)cc1-c1cc(-c2cnc(N3CCOCC3)s2)c(C#N)c(N)n1. The summed E-state index contributed by atoms with van der Waals surface area (Å²) in [4.78, 5) is 12.2. The number of hydrogen-bond acceptors (Lipinski definition) is 8. The highest BCUT2D eigenvalue weighted by molar-refractivity contribution is 7.18. The van der Waals surface area contributed by atoms with E-state index in [4.69, 9.17) is 15.2 Å². The van der Waals surface area contributed by atoms with E-state index in [0.29, 0.717) is 24.5 Å². The number of aryl methyl sites for hydroxylation is 2. The van der Waals surface area contributed by atoms with E-state index < -0.39 is 0 Å². The molecule has 7 nitrogen and oxygen atoms in total. The molecule has 0 aliphatic carbocycles. The van der Waals surface area contributed by atoms with Gasteiger partial charge in [-0.2, -0.15) is 5.26 Å². The number of nitrogens with zero attached hydrogens (tertiary/aromatic N) is 4. The quantitative estimate of drug-likeness (QED) is 0.684. The van der Waals surface area contributed by atoms with Gasteiger partial charge < -0.3 is 20.1 Å². The maximum absolute atomic E-state index is 9.72. The Kier molecular flexibility index (Phi) is 5.57. The fourth-order valence-electron chi connectivity index (χ4n) is 3.46. The smallest absolute Gasteiger partial charge is 0.186 e. The van der Waals surface area contributed by atoms with Gasteiger partial charge in [-0.3, -0.25) is 0 Å². The molecule has 3 aromatic rings. The van der Waals surface area contributed by atoms with Crippen molar-refractivity contribution in [1.82, 2.24) is 9.97 Å². The summed E-state index contributed by atoms with van der Waals surface area (Å²) in [5.74, 6) is 0.922. The first-order valence-electron chi connectivity index (χ1n) is 9.67. The molecule has 2 aromatic heterocycles. The molecule has 3 heterocycles. The minimum Gasteiger partial charge on any atom is -0.496 e. The van der Waals surface area contributed by atoms with Gasteiger partial charge in [0.25, 0.3) is 0 Å². The standard InChI is InChI=1S/C22H23N5O2S/c1-13-8-16(19(28-3)9-14(13)2)18-10-15(17(11-23)21(24)26-18)20-12-25-22(30-20)27-4-6-29-7-5-27/h8-10,12H,4-7H2,1-3H3,(H2,24,26). The van der Waals surface area contributed by atoms with Crippen molar-refractivity contribution < 1.29 is 9.47 Å². The van der Waals surface area contributed by atoms with E-state index >= 15 is 0 Å². The molecule has 1 aliphatic rings. The second kappa shape index (κ2) is 8.30. The topological polar surface area (TPSA) is 97.3 Å². The molecule has 30 heavy (non-hydrogen) atoms. The molecular weight excluding hydrogens is 398 g/mol. The Bertz CT molecular complexity index is 1130. The summed E-state index contributed by atoms with van der Waals surface area (Å²) >= 11 is 1.54. The van der Waals surface area contributed by atoms with Crippen LogP contribution in [0.1, 0.15) is 16.7 Å². The van der Waals surface area contributed by atoms with Crippen LogP contribution in [0.4, 0.5) is 10.9 Å². The van der Waals surface area contributed by atoms with Gasteiger partial charge in [0, 0.05) is 30.4 Å². The number of benzene rings is 1. The number of nitrogens with two attached hydrogens (primary N) is 1. The molecule has 0 amide bonds. The minimum absolute atomic E-state index is 0.201. The van der Waals surface area contributed by atoms with Crippen LogP contribution in [0.15, 0.2) is 24.4 Å². The monoisotopic (exact) mass is 421 g/mol. The molecule has 0 unspecified atom stereocenters. The molecule has 0 atom stereocenters. The lowest BCUT2D eigenvalue weighted by Gasteiger charge is -2.25. The Hall–Kier alpha value is -3.15. The predicted molar refractivity (Wildman–Crippen MR) is 119 cm³/mol. The summed E-state index contributed by atoms with van der Waals surface area (Å²) in [5.41, 5.74) is 11.1. The molecule has 4 rings (SSSR count). The van der Waals surface area contributed by atoms with Crippen LogP contribution in [0, 0.1) is 25.2 Å². The highest BCUT2D eigenvalue weighted by Gasteiger charge is 2.20. The normalized spacial score (nSPS) is 13.9. The lowest BCUT2D eigenvalue weighted by molar-refractivity contribution is 0.122. The van der Waals surface area contributed by atoms with Gasteiger partial charge in [-0.15, -0.1) is 0 Å². The Morgan fingerprint density at radius 2 is 1.90 bits per heavy atom. The molecule has 0 bridgehead atoms. The average molecular weight is 422 g/mol. The minimum atomic E-state index is 0.201. The number of nitriles is 1. The van der Waals surface area contributed by atoms with E-state index in [1.54, 1.807) is 24.6 Å². The molecular formula is C22H23N5O2S. The van der Waals surface area contributed by atoms with Crippen molar-refractivity contribution in [3.63, 3.8) is 0 Å². The van der Waals surface area contributed by atoms with Gasteiger partial charge in [0.1, 0.15) is 23.2 Å². The number of morpholine rings is 1. The molecule has 8 heteroatoms. The summed E-state index contributed by atoms with van der Waals surface area (Å²) < 4.78 is 11.0. The van der Waals surface area contributed by atoms with E-state index in [1.165, 1.54) is 0 Å². The Labute approximate surface area is 179 Å². The molecule has 1 fully saturated rings. The number of rotatable bonds is 4. The molecule has 0 spiro atoms. The van der Waals surface area contributed by atoms with Gasteiger partial charge in [0.15, 0.2) is 5.13 Å². The van der Waals surface area contributed by atoms with Crippen molar-refractivity contribution >= 4 is 22.3 Å². The zero-order valence-corrected chi connectivity index (χ0v) is 18.0. The number of anilines is 2. The van der Waals surface area contributed by atoms with E-state index in [-0.39, 0.29) is 5.82 Å². The van der Waals surface area contributed by atoms with Gasteiger partial charge in [0.05, 0.1) is 30.9 Å². The van der Waals surface area contributed by atoms with Crippen LogP contribution in [0.2, 0.25) is 0 Å². The predicted octanol–water partition coefficient (Wildman–Crippen LogP) is 3.79. The Morgan fingerprint density at radius 1 is 1.17 bits per heavy atom. The largest absolute Gasteiger partial charge is 0.496 e. The van der Waals surface area contributed by atoms with E-state index in [1.807, 2.05) is 32.0 Å². The summed E-state index contributed by atoms with van der Waals surface area (Å²) in [6.45, 7) is 7.08. The van der Waals surface area contributed by atoms with Crippen LogP contribution in [-0.4, -0.2) is 43.4 Å². The van der Waals surface area contributed by atoms with Crippen LogP contribution < -0.4 is 15.4 Å². The average Bonchev–Trinajstić information content (AvgIpc) is 3.25. The van der Waals surface area contributed by atoms with Gasteiger partial charge >= 0.3 is 0 Å². The van der Waals surface area contributed by atoms with Crippen molar-refractivity contribution in [2.24, 2.45) is 0 Å². The van der Waals surface area contributed by atoms with Crippen molar-refractivity contribution in [1.29, 1.82) is 5.26 Å². The number of methoxy groups -OCH3 is 1. The Morgan fingerprint density at radius 3 is 2.60 bits per heavy atom. The molecule has 1 saturated heterocycles. The Balaban J connectivity index is 1.82. The van der Waals surface area contributed by atoms with E-state index in [0.717, 1.165) is 51.1 Å². The third kappa shape index (κ3) is 3.70. The summed E-state index contributed by atoms with van der Waals surface area (Å²) in [5, 5.41) is 10.6. The van der Waals surface area contributed by atoms with Crippen LogP contribution in [0.5, 0.6) is 5.75 Å². The van der Waals surface area contributed by atoms with Crippen molar-refractivity contribution in [2.75, 3.05) is 44.0 Å². The highest BCUT2D eigenvalue weighted by atomic mass is 32.1. The number of ether oxygens (including phenoxy) is 2. The van der Waals surface area contributed by atoms with Gasteiger partial charge in [-0.25, -0.2) is 9.97 Å². The lowest BCUT2D eigenvalue weighted by atomic mass is 9.99. The fourth-order valence-corrected chi connectivity index (χ4v) is 4.45. The van der Waals surface area contributed by atoms with Crippen LogP contribution >= 0.6 is 11.3 Å². The number of aromatic nitrogens is 2. The molecule has 2 N–H and O–H groups in total. The number of nitrogen functional groups attached to an aromatic ring is 1.